The van der Waals surface area contributed by atoms with Gasteiger partial charge in [-0.1, -0.05) is 23.7 Å². The van der Waals surface area contributed by atoms with Crippen molar-refractivity contribution in [2.24, 2.45) is 0 Å². The van der Waals surface area contributed by atoms with Gasteiger partial charge in [0.2, 0.25) is 16.0 Å². The first-order valence-corrected chi connectivity index (χ1v) is 6.60. The second kappa shape index (κ2) is 4.84. The molecule has 0 aliphatic carbocycles. The highest BCUT2D eigenvalue weighted by molar-refractivity contribution is 7.88. The van der Waals surface area contributed by atoms with Crippen molar-refractivity contribution < 1.29 is 12.8 Å². The summed E-state index contributed by atoms with van der Waals surface area (Å²) in [6.45, 7) is 0. The monoisotopic (exact) mass is 263 g/mol. The Hall–Kier alpha value is -1.07. The van der Waals surface area contributed by atoms with E-state index >= 15 is 0 Å². The highest BCUT2D eigenvalue weighted by atomic mass is 35.5. The lowest BCUT2D eigenvalue weighted by molar-refractivity contribution is 0.437. The van der Waals surface area contributed by atoms with E-state index < -0.39 is 16.0 Å². The van der Waals surface area contributed by atoms with Crippen molar-refractivity contribution in [2.75, 3.05) is 13.3 Å². The zero-order valence-electron chi connectivity index (χ0n) is 8.81. The average molecular weight is 264 g/mol. The molecule has 0 amide bonds. The molecule has 0 aromatic heterocycles. The predicted octanol–water partition coefficient (Wildman–Crippen LogP) is 2.50. The number of rotatable bonds is 3. The minimum Gasteiger partial charge on any atom is -0.249 e. The van der Waals surface area contributed by atoms with Gasteiger partial charge in [-0.15, -0.1) is 0 Å². The van der Waals surface area contributed by atoms with Gasteiger partial charge in [0.15, 0.2) is 0 Å². The first kappa shape index (κ1) is 13.0. The maximum absolute atomic E-state index is 13.5. The molecule has 0 N–H and O–H groups in total. The number of benzene rings is 1. The van der Waals surface area contributed by atoms with E-state index in [1.807, 2.05) is 0 Å². The Morgan fingerprint density at radius 1 is 1.38 bits per heavy atom. The van der Waals surface area contributed by atoms with Crippen molar-refractivity contribution in [3.05, 3.63) is 40.8 Å². The normalized spacial score (nSPS) is 12.6. The molecule has 0 atom stereocenters. The van der Waals surface area contributed by atoms with Crippen LogP contribution in [0.3, 0.4) is 0 Å². The third-order valence-electron chi connectivity index (χ3n) is 1.95. The van der Waals surface area contributed by atoms with Gasteiger partial charge in [-0.05, 0) is 23.8 Å². The molecule has 0 saturated heterocycles. The molecule has 3 nitrogen and oxygen atoms in total. The zero-order chi connectivity index (χ0) is 12.3. The molecule has 0 fully saturated rings. The van der Waals surface area contributed by atoms with Gasteiger partial charge in [0.05, 0.1) is 6.26 Å². The van der Waals surface area contributed by atoms with Gasteiger partial charge in [0.25, 0.3) is 0 Å². The number of halogens is 2. The van der Waals surface area contributed by atoms with Gasteiger partial charge in [-0.25, -0.2) is 12.7 Å². The first-order valence-electron chi connectivity index (χ1n) is 4.37. The fourth-order valence-corrected chi connectivity index (χ4v) is 1.44. The minimum atomic E-state index is -3.57. The molecule has 1 rings (SSSR count). The molecule has 6 heteroatoms. The molecule has 0 bridgehead atoms. The van der Waals surface area contributed by atoms with Crippen LogP contribution in [0.15, 0.2) is 30.2 Å². The Morgan fingerprint density at radius 2 is 1.88 bits per heavy atom. The van der Waals surface area contributed by atoms with E-state index in [-0.39, 0.29) is 0 Å². The molecule has 0 aliphatic heterocycles. The van der Waals surface area contributed by atoms with Gasteiger partial charge in [-0.3, -0.25) is 0 Å². The smallest absolute Gasteiger partial charge is 0.233 e. The van der Waals surface area contributed by atoms with Gasteiger partial charge in [0, 0.05) is 12.1 Å². The van der Waals surface area contributed by atoms with Crippen LogP contribution in [-0.2, 0) is 10.0 Å². The van der Waals surface area contributed by atoms with Crippen LogP contribution in [0.2, 0.25) is 5.02 Å². The summed E-state index contributed by atoms with van der Waals surface area (Å²) in [5, 5.41) is 0.536. The van der Waals surface area contributed by atoms with Crippen LogP contribution in [0, 0.1) is 0 Å². The van der Waals surface area contributed by atoms with E-state index in [4.69, 9.17) is 11.6 Å². The lowest BCUT2D eigenvalue weighted by atomic mass is 10.2. The van der Waals surface area contributed by atoms with Crippen molar-refractivity contribution in [3.8, 4) is 0 Å². The summed E-state index contributed by atoms with van der Waals surface area (Å²) in [7, 11) is -2.42. The lowest BCUT2D eigenvalue weighted by Crippen LogP contribution is -2.22. The van der Waals surface area contributed by atoms with Crippen molar-refractivity contribution in [1.29, 1.82) is 0 Å². The zero-order valence-corrected chi connectivity index (χ0v) is 10.4. The molecule has 0 radical (unpaired) electrons. The Bertz CT molecular complexity index is 496. The summed E-state index contributed by atoms with van der Waals surface area (Å²) in [4.78, 5) is 0. The minimum absolute atomic E-state index is 0.536. The summed E-state index contributed by atoms with van der Waals surface area (Å²) in [6, 6.07) is 6.39. The summed E-state index contributed by atoms with van der Waals surface area (Å²) < 4.78 is 36.1. The predicted molar refractivity (Wildman–Crippen MR) is 63.1 cm³/mol. The summed E-state index contributed by atoms with van der Waals surface area (Å²) in [5.41, 5.74) is 0.539. The van der Waals surface area contributed by atoms with Crippen LogP contribution >= 0.6 is 11.6 Å². The molecular formula is C10H11ClFNO2S. The van der Waals surface area contributed by atoms with Crippen molar-refractivity contribution >= 4 is 27.7 Å². The molecule has 1 aromatic rings. The van der Waals surface area contributed by atoms with Gasteiger partial charge in [0.1, 0.15) is 0 Å². The summed E-state index contributed by atoms with van der Waals surface area (Å²) in [5.74, 6) is -0.843. The third kappa shape index (κ3) is 3.50. The molecule has 88 valence electrons. The largest absolute Gasteiger partial charge is 0.249 e. The highest BCUT2D eigenvalue weighted by Crippen LogP contribution is 2.15. The van der Waals surface area contributed by atoms with Gasteiger partial charge < -0.3 is 0 Å². The van der Waals surface area contributed by atoms with Crippen LogP contribution in [-0.4, -0.2) is 26.0 Å². The van der Waals surface area contributed by atoms with Crippen LogP contribution in [0.1, 0.15) is 5.56 Å². The first-order chi connectivity index (χ1) is 7.30. The number of sulfonamides is 1. The molecule has 0 unspecified atom stereocenters. The van der Waals surface area contributed by atoms with E-state index in [0.717, 1.165) is 19.4 Å². The van der Waals surface area contributed by atoms with Gasteiger partial charge in [-0.2, -0.15) is 4.39 Å². The van der Waals surface area contributed by atoms with Crippen LogP contribution in [0.25, 0.3) is 6.08 Å². The van der Waals surface area contributed by atoms with Gasteiger partial charge >= 0.3 is 0 Å². The highest BCUT2D eigenvalue weighted by Gasteiger charge is 2.13. The average Bonchev–Trinajstić information content (AvgIpc) is 2.19. The van der Waals surface area contributed by atoms with E-state index in [1.165, 1.54) is 0 Å². The second-order valence-electron chi connectivity index (χ2n) is 3.25. The summed E-state index contributed by atoms with van der Waals surface area (Å²) in [6.07, 6.45) is 2.06. The fourth-order valence-electron chi connectivity index (χ4n) is 0.946. The van der Waals surface area contributed by atoms with E-state index in [1.54, 1.807) is 24.3 Å². The van der Waals surface area contributed by atoms with E-state index in [9.17, 15) is 12.8 Å². The SMILES string of the molecule is CN(/C(F)=C/c1ccc(Cl)cc1)S(C)(=O)=O. The van der Waals surface area contributed by atoms with Crippen molar-refractivity contribution in [2.45, 2.75) is 0 Å². The number of hydrogen-bond acceptors (Lipinski definition) is 2. The lowest BCUT2D eigenvalue weighted by Gasteiger charge is -2.13. The molecule has 0 saturated carbocycles. The van der Waals surface area contributed by atoms with Crippen LogP contribution < -0.4 is 0 Å². The molecule has 0 heterocycles. The second-order valence-corrected chi connectivity index (χ2v) is 5.70. The molecular weight excluding hydrogens is 253 g/mol. The Labute approximate surface area is 99.2 Å². The standard InChI is InChI=1S/C10H11ClFNO2S/c1-13(16(2,14)15)10(12)7-8-3-5-9(11)6-4-8/h3-7H,1-2H3/b10-7+. The molecule has 1 aromatic carbocycles. The number of nitrogens with zero attached hydrogens (tertiary/aromatic N) is 1. The molecule has 0 aliphatic rings. The molecule has 0 spiro atoms. The number of hydrogen-bond donors (Lipinski definition) is 0. The van der Waals surface area contributed by atoms with Crippen molar-refractivity contribution in [3.63, 3.8) is 0 Å². The van der Waals surface area contributed by atoms with Crippen LogP contribution in [0.5, 0.6) is 0 Å². The Kier molecular flexibility index (Phi) is 3.93. The van der Waals surface area contributed by atoms with Crippen molar-refractivity contribution in [1.82, 2.24) is 4.31 Å². The van der Waals surface area contributed by atoms with Crippen LogP contribution in [0.4, 0.5) is 4.39 Å². The Morgan fingerprint density at radius 3 is 2.31 bits per heavy atom. The Balaban J connectivity index is 2.97. The maximum atomic E-state index is 13.5. The fraction of sp³-hybridized carbons (Fsp3) is 0.200. The molecule has 16 heavy (non-hydrogen) atoms. The summed E-state index contributed by atoms with van der Waals surface area (Å²) >= 11 is 5.66. The topological polar surface area (TPSA) is 37.4 Å². The quantitative estimate of drug-likeness (QED) is 0.786. The van der Waals surface area contributed by atoms with E-state index in [2.05, 4.69) is 0 Å². The maximum Gasteiger partial charge on any atom is 0.233 e. The van der Waals surface area contributed by atoms with E-state index in [0.29, 0.717) is 14.9 Å². The third-order valence-corrected chi connectivity index (χ3v) is 3.38.